The maximum absolute atomic E-state index is 12.5. The average molecular weight is 334 g/mol. The van der Waals surface area contributed by atoms with Crippen molar-refractivity contribution < 1.29 is 27.9 Å². The zero-order valence-corrected chi connectivity index (χ0v) is 12.6. The maximum atomic E-state index is 12.5. The predicted octanol–water partition coefficient (Wildman–Crippen LogP) is -0.417. The van der Waals surface area contributed by atoms with Crippen LogP contribution in [0.5, 0.6) is 0 Å². The minimum absolute atomic E-state index is 0.0114. The van der Waals surface area contributed by atoms with Crippen molar-refractivity contribution in [2.75, 3.05) is 32.8 Å². The van der Waals surface area contributed by atoms with Crippen LogP contribution in [0.2, 0.25) is 0 Å². The molecular formula is C11H14N2O6S2. The van der Waals surface area contributed by atoms with Crippen molar-refractivity contribution in [3.8, 4) is 0 Å². The summed E-state index contributed by atoms with van der Waals surface area (Å²) < 4.78 is 31.3. The fourth-order valence-electron chi connectivity index (χ4n) is 1.83. The molecule has 116 valence electrons. The largest absolute Gasteiger partial charge is 0.480 e. The van der Waals surface area contributed by atoms with Gasteiger partial charge in [-0.1, -0.05) is 0 Å². The standard InChI is InChI=1S/C11H14N2O6S2/c14-9(15)7-12-11(16)10-8(1-6-20-10)21(17,18)13-2-4-19-5-3-13/h1,6H,2-5,7H2,(H,12,16)(H,14,15). The van der Waals surface area contributed by atoms with Crippen LogP contribution >= 0.6 is 11.3 Å². The number of morpholine rings is 1. The van der Waals surface area contributed by atoms with Crippen LogP contribution in [-0.4, -0.2) is 62.6 Å². The fraction of sp³-hybridized carbons (Fsp3) is 0.455. The van der Waals surface area contributed by atoms with Gasteiger partial charge in [-0.3, -0.25) is 9.59 Å². The summed E-state index contributed by atoms with van der Waals surface area (Å²) in [6.07, 6.45) is 0. The summed E-state index contributed by atoms with van der Waals surface area (Å²) in [7, 11) is -3.78. The van der Waals surface area contributed by atoms with E-state index in [-0.39, 0.29) is 22.9 Å². The summed E-state index contributed by atoms with van der Waals surface area (Å²) in [5.41, 5.74) is 0. The summed E-state index contributed by atoms with van der Waals surface area (Å²) in [5, 5.41) is 12.2. The number of aliphatic carboxylic acids is 1. The molecule has 1 aliphatic rings. The molecule has 21 heavy (non-hydrogen) atoms. The quantitative estimate of drug-likeness (QED) is 0.756. The van der Waals surface area contributed by atoms with Gasteiger partial charge in [0.1, 0.15) is 16.3 Å². The highest BCUT2D eigenvalue weighted by Gasteiger charge is 2.31. The van der Waals surface area contributed by atoms with Crippen LogP contribution in [0.3, 0.4) is 0 Å². The fourth-order valence-corrected chi connectivity index (χ4v) is 4.55. The van der Waals surface area contributed by atoms with Crippen molar-refractivity contribution in [1.29, 1.82) is 0 Å². The van der Waals surface area contributed by atoms with Gasteiger partial charge < -0.3 is 15.2 Å². The van der Waals surface area contributed by atoms with E-state index >= 15 is 0 Å². The van der Waals surface area contributed by atoms with E-state index in [4.69, 9.17) is 9.84 Å². The number of hydrogen-bond donors (Lipinski definition) is 2. The van der Waals surface area contributed by atoms with Crippen molar-refractivity contribution in [1.82, 2.24) is 9.62 Å². The lowest BCUT2D eigenvalue weighted by Gasteiger charge is -2.25. The molecule has 1 aromatic rings. The zero-order valence-electron chi connectivity index (χ0n) is 10.9. The van der Waals surface area contributed by atoms with E-state index in [9.17, 15) is 18.0 Å². The van der Waals surface area contributed by atoms with E-state index in [0.717, 1.165) is 11.3 Å². The Morgan fingerprint density at radius 1 is 1.38 bits per heavy atom. The molecule has 0 spiro atoms. The summed E-state index contributed by atoms with van der Waals surface area (Å²) in [5.74, 6) is -1.91. The second-order valence-corrected chi connectivity index (χ2v) is 7.03. The number of ether oxygens (including phenoxy) is 1. The van der Waals surface area contributed by atoms with Gasteiger partial charge in [-0.2, -0.15) is 4.31 Å². The topological polar surface area (TPSA) is 113 Å². The number of carbonyl (C=O) groups excluding carboxylic acids is 1. The molecule has 2 N–H and O–H groups in total. The van der Waals surface area contributed by atoms with Crippen LogP contribution in [-0.2, 0) is 19.6 Å². The Kier molecular flexibility index (Phi) is 4.93. The maximum Gasteiger partial charge on any atom is 0.322 e. The van der Waals surface area contributed by atoms with Gasteiger partial charge >= 0.3 is 5.97 Å². The van der Waals surface area contributed by atoms with Crippen molar-refractivity contribution >= 4 is 33.2 Å². The smallest absolute Gasteiger partial charge is 0.322 e. The van der Waals surface area contributed by atoms with Crippen LogP contribution in [0.4, 0.5) is 0 Å². The molecule has 0 aliphatic carbocycles. The third-order valence-electron chi connectivity index (χ3n) is 2.82. The minimum Gasteiger partial charge on any atom is -0.480 e. The number of hydrogen-bond acceptors (Lipinski definition) is 6. The van der Waals surface area contributed by atoms with Crippen LogP contribution in [0.15, 0.2) is 16.3 Å². The third kappa shape index (κ3) is 3.59. The molecule has 0 atom stereocenters. The molecule has 1 aliphatic heterocycles. The summed E-state index contributed by atoms with van der Waals surface area (Å²) in [4.78, 5) is 22.2. The first-order valence-corrected chi connectivity index (χ1v) is 8.40. The summed E-state index contributed by atoms with van der Waals surface area (Å²) >= 11 is 0.958. The second-order valence-electron chi connectivity index (χ2n) is 4.21. The first kappa shape index (κ1) is 15.9. The molecule has 10 heteroatoms. The third-order valence-corrected chi connectivity index (χ3v) is 5.81. The Balaban J connectivity index is 2.22. The van der Waals surface area contributed by atoms with Crippen molar-refractivity contribution in [2.45, 2.75) is 4.90 Å². The Hall–Kier alpha value is -1.49. The van der Waals surface area contributed by atoms with Gasteiger partial charge in [-0.15, -0.1) is 11.3 Å². The monoisotopic (exact) mass is 334 g/mol. The number of nitrogens with one attached hydrogen (secondary N) is 1. The minimum atomic E-state index is -3.78. The number of carbonyl (C=O) groups is 2. The van der Waals surface area contributed by atoms with E-state index in [1.54, 1.807) is 0 Å². The lowest BCUT2D eigenvalue weighted by atomic mass is 10.4. The van der Waals surface area contributed by atoms with Crippen molar-refractivity contribution in [3.05, 3.63) is 16.3 Å². The average Bonchev–Trinajstić information content (AvgIpc) is 2.96. The Morgan fingerprint density at radius 2 is 2.05 bits per heavy atom. The first-order chi connectivity index (χ1) is 9.93. The van der Waals surface area contributed by atoms with Gasteiger partial charge in [0.25, 0.3) is 5.91 Å². The number of carboxylic acids is 1. The second kappa shape index (κ2) is 6.52. The van der Waals surface area contributed by atoms with E-state index in [2.05, 4.69) is 5.32 Å². The number of thiophene rings is 1. The molecule has 0 aromatic carbocycles. The summed E-state index contributed by atoms with van der Waals surface area (Å²) in [6, 6.07) is 1.35. The van der Waals surface area contributed by atoms with Crippen LogP contribution in [0.25, 0.3) is 0 Å². The molecule has 1 saturated heterocycles. The van der Waals surface area contributed by atoms with Gasteiger partial charge in [0, 0.05) is 13.1 Å². The number of rotatable bonds is 5. The highest BCUT2D eigenvalue weighted by Crippen LogP contribution is 2.25. The SMILES string of the molecule is O=C(O)CNC(=O)c1sccc1S(=O)(=O)N1CCOCC1. The number of amides is 1. The lowest BCUT2D eigenvalue weighted by molar-refractivity contribution is -0.135. The highest BCUT2D eigenvalue weighted by atomic mass is 32.2. The molecule has 1 fully saturated rings. The zero-order chi connectivity index (χ0) is 15.5. The normalized spacial score (nSPS) is 16.6. The molecule has 2 heterocycles. The van der Waals surface area contributed by atoms with Crippen LogP contribution < -0.4 is 5.32 Å². The van der Waals surface area contributed by atoms with Gasteiger partial charge in [0.2, 0.25) is 10.0 Å². The van der Waals surface area contributed by atoms with Crippen LogP contribution in [0.1, 0.15) is 9.67 Å². The molecule has 0 saturated carbocycles. The van der Waals surface area contributed by atoms with Gasteiger partial charge in [0.05, 0.1) is 13.2 Å². The van der Waals surface area contributed by atoms with E-state index in [1.807, 2.05) is 0 Å². The molecule has 0 radical (unpaired) electrons. The number of carboxylic acid groups (broad SMARTS) is 1. The van der Waals surface area contributed by atoms with Crippen molar-refractivity contribution in [3.63, 3.8) is 0 Å². The van der Waals surface area contributed by atoms with Gasteiger partial charge in [-0.05, 0) is 11.4 Å². The van der Waals surface area contributed by atoms with Crippen molar-refractivity contribution in [2.24, 2.45) is 0 Å². The molecular weight excluding hydrogens is 320 g/mol. The number of sulfonamides is 1. The Bertz CT molecular complexity index is 633. The molecule has 0 bridgehead atoms. The van der Waals surface area contributed by atoms with E-state index in [1.165, 1.54) is 15.8 Å². The van der Waals surface area contributed by atoms with E-state index < -0.39 is 28.4 Å². The predicted molar refractivity (Wildman–Crippen MR) is 73.9 cm³/mol. The Labute approximate surface area is 125 Å². The number of nitrogens with zero attached hydrogens (tertiary/aromatic N) is 1. The van der Waals surface area contributed by atoms with E-state index in [0.29, 0.717) is 13.2 Å². The molecule has 0 unspecified atom stereocenters. The molecule has 2 rings (SSSR count). The molecule has 1 aromatic heterocycles. The first-order valence-electron chi connectivity index (χ1n) is 6.08. The molecule has 1 amide bonds. The summed E-state index contributed by atoms with van der Waals surface area (Å²) in [6.45, 7) is 0.518. The molecule has 8 nitrogen and oxygen atoms in total. The lowest BCUT2D eigenvalue weighted by Crippen LogP contribution is -2.41. The van der Waals surface area contributed by atoms with Crippen LogP contribution in [0, 0.1) is 0 Å². The van der Waals surface area contributed by atoms with Gasteiger partial charge in [-0.25, -0.2) is 8.42 Å². The Morgan fingerprint density at radius 3 is 2.67 bits per heavy atom. The highest BCUT2D eigenvalue weighted by molar-refractivity contribution is 7.89. The van der Waals surface area contributed by atoms with Gasteiger partial charge in [0.15, 0.2) is 0 Å².